The Hall–Kier alpha value is -1.55. The molecule has 0 aliphatic rings. The van der Waals surface area contributed by atoms with E-state index in [2.05, 4.69) is 12.2 Å². The highest BCUT2D eigenvalue weighted by Gasteiger charge is 2.06. The summed E-state index contributed by atoms with van der Waals surface area (Å²) in [5, 5.41) is 3.30. The van der Waals surface area contributed by atoms with Crippen LogP contribution < -0.4 is 10.1 Å². The summed E-state index contributed by atoms with van der Waals surface area (Å²) in [4.78, 5) is 11.2. The van der Waals surface area contributed by atoms with Crippen molar-refractivity contribution in [3.05, 3.63) is 29.8 Å². The van der Waals surface area contributed by atoms with Gasteiger partial charge in [-0.05, 0) is 38.5 Å². The van der Waals surface area contributed by atoms with Gasteiger partial charge in [-0.15, -0.1) is 0 Å². The molecule has 1 N–H and O–H groups in total. The first kappa shape index (κ1) is 15.5. The van der Waals surface area contributed by atoms with Crippen molar-refractivity contribution >= 4 is 5.97 Å². The predicted molar refractivity (Wildman–Crippen MR) is 75.3 cm³/mol. The molecular weight excluding hydrogens is 242 g/mol. The van der Waals surface area contributed by atoms with Gasteiger partial charge in [0.1, 0.15) is 5.75 Å². The number of carbonyl (C=O) groups is 1. The fourth-order valence-electron chi connectivity index (χ4n) is 1.76. The van der Waals surface area contributed by atoms with E-state index in [0.717, 1.165) is 5.75 Å². The molecular formula is C15H23NO3. The number of rotatable bonds is 8. The molecule has 4 heteroatoms. The number of carbonyl (C=O) groups excluding carboxylic acids is 1. The summed E-state index contributed by atoms with van der Waals surface area (Å²) < 4.78 is 10.3. The number of esters is 1. The van der Waals surface area contributed by atoms with Gasteiger partial charge < -0.3 is 14.8 Å². The normalized spacial score (nSPS) is 11.9. The van der Waals surface area contributed by atoms with Crippen LogP contribution >= 0.6 is 0 Å². The van der Waals surface area contributed by atoms with Crippen LogP contribution in [0, 0.1) is 0 Å². The SMILES string of the molecule is CCOC(=O)CCNC(C)c1ccc(OCC)cc1. The summed E-state index contributed by atoms with van der Waals surface area (Å²) in [6, 6.07) is 8.19. The number of ether oxygens (including phenoxy) is 2. The molecule has 1 rings (SSSR count). The molecule has 0 heterocycles. The van der Waals surface area contributed by atoms with Crippen molar-refractivity contribution in [2.75, 3.05) is 19.8 Å². The molecule has 0 saturated heterocycles. The van der Waals surface area contributed by atoms with E-state index in [1.807, 2.05) is 38.1 Å². The first-order valence-electron chi connectivity index (χ1n) is 6.79. The summed E-state index contributed by atoms with van der Waals surface area (Å²) in [6.07, 6.45) is 0.398. The molecule has 19 heavy (non-hydrogen) atoms. The average Bonchev–Trinajstić information content (AvgIpc) is 2.40. The Morgan fingerprint density at radius 1 is 1.21 bits per heavy atom. The zero-order valence-corrected chi connectivity index (χ0v) is 11.9. The number of hydrogen-bond acceptors (Lipinski definition) is 4. The molecule has 1 unspecified atom stereocenters. The third-order valence-corrected chi connectivity index (χ3v) is 2.78. The maximum atomic E-state index is 11.2. The van der Waals surface area contributed by atoms with Crippen LogP contribution in [0.4, 0.5) is 0 Å². The Bertz CT molecular complexity index is 375. The van der Waals surface area contributed by atoms with Gasteiger partial charge in [-0.3, -0.25) is 4.79 Å². The molecule has 0 spiro atoms. The smallest absolute Gasteiger partial charge is 0.307 e. The molecule has 0 saturated carbocycles. The Labute approximate surface area is 115 Å². The molecule has 0 aromatic heterocycles. The summed E-state index contributed by atoms with van der Waals surface area (Å²) >= 11 is 0. The standard InChI is InChI=1S/C15H23NO3/c1-4-18-14-8-6-13(7-9-14)12(3)16-11-10-15(17)19-5-2/h6-9,12,16H,4-5,10-11H2,1-3H3. The van der Waals surface area contributed by atoms with Crippen molar-refractivity contribution in [3.63, 3.8) is 0 Å². The lowest BCUT2D eigenvalue weighted by Gasteiger charge is -2.14. The van der Waals surface area contributed by atoms with E-state index >= 15 is 0 Å². The van der Waals surface area contributed by atoms with Crippen LogP contribution in [0.1, 0.15) is 38.8 Å². The molecule has 0 fully saturated rings. The van der Waals surface area contributed by atoms with Crippen molar-refractivity contribution in [1.29, 1.82) is 0 Å². The Kier molecular flexibility index (Phi) is 6.97. The van der Waals surface area contributed by atoms with E-state index in [1.165, 1.54) is 5.56 Å². The number of nitrogens with one attached hydrogen (secondary N) is 1. The van der Waals surface area contributed by atoms with Gasteiger partial charge in [-0.25, -0.2) is 0 Å². The van der Waals surface area contributed by atoms with Crippen molar-refractivity contribution in [1.82, 2.24) is 5.32 Å². The second kappa shape index (κ2) is 8.53. The van der Waals surface area contributed by atoms with Crippen LogP contribution in [-0.4, -0.2) is 25.7 Å². The van der Waals surface area contributed by atoms with Gasteiger partial charge in [0, 0.05) is 12.6 Å². The van der Waals surface area contributed by atoms with E-state index in [1.54, 1.807) is 0 Å². The molecule has 106 valence electrons. The molecule has 4 nitrogen and oxygen atoms in total. The van der Waals surface area contributed by atoms with Crippen LogP contribution in [0.2, 0.25) is 0 Å². The molecule has 1 aromatic carbocycles. The monoisotopic (exact) mass is 265 g/mol. The summed E-state index contributed by atoms with van der Waals surface area (Å²) in [5.41, 5.74) is 1.17. The van der Waals surface area contributed by atoms with Crippen LogP contribution in [0.5, 0.6) is 5.75 Å². The van der Waals surface area contributed by atoms with Gasteiger partial charge in [0.15, 0.2) is 0 Å². The maximum Gasteiger partial charge on any atom is 0.307 e. The molecule has 0 aliphatic heterocycles. The second-order valence-electron chi connectivity index (χ2n) is 4.23. The van der Waals surface area contributed by atoms with Crippen molar-refractivity contribution in [2.45, 2.75) is 33.2 Å². The van der Waals surface area contributed by atoms with E-state index in [9.17, 15) is 4.79 Å². The molecule has 0 aliphatic carbocycles. The highest BCUT2D eigenvalue weighted by molar-refractivity contribution is 5.69. The summed E-state index contributed by atoms with van der Waals surface area (Å²) in [7, 11) is 0. The molecule has 0 bridgehead atoms. The minimum absolute atomic E-state index is 0.158. The Morgan fingerprint density at radius 3 is 2.47 bits per heavy atom. The highest BCUT2D eigenvalue weighted by Crippen LogP contribution is 2.17. The van der Waals surface area contributed by atoms with Crippen LogP contribution in [0.15, 0.2) is 24.3 Å². The summed E-state index contributed by atoms with van der Waals surface area (Å²) in [6.45, 7) is 7.58. The quantitative estimate of drug-likeness (QED) is 0.734. The molecule has 0 radical (unpaired) electrons. The van der Waals surface area contributed by atoms with E-state index in [4.69, 9.17) is 9.47 Å². The fraction of sp³-hybridized carbons (Fsp3) is 0.533. The lowest BCUT2D eigenvalue weighted by molar-refractivity contribution is -0.143. The fourth-order valence-corrected chi connectivity index (χ4v) is 1.76. The molecule has 1 atom stereocenters. The van der Waals surface area contributed by atoms with Crippen LogP contribution in [0.3, 0.4) is 0 Å². The van der Waals surface area contributed by atoms with Gasteiger partial charge in [0.2, 0.25) is 0 Å². The molecule has 0 amide bonds. The van der Waals surface area contributed by atoms with Crippen LogP contribution in [0.25, 0.3) is 0 Å². The largest absolute Gasteiger partial charge is 0.494 e. The first-order chi connectivity index (χ1) is 9.17. The highest BCUT2D eigenvalue weighted by atomic mass is 16.5. The van der Waals surface area contributed by atoms with Gasteiger partial charge in [0.05, 0.1) is 19.6 Å². The van der Waals surface area contributed by atoms with Crippen molar-refractivity contribution in [3.8, 4) is 5.75 Å². The van der Waals surface area contributed by atoms with E-state index in [0.29, 0.717) is 26.2 Å². The van der Waals surface area contributed by atoms with Gasteiger partial charge in [0.25, 0.3) is 0 Å². The minimum atomic E-state index is -0.158. The minimum Gasteiger partial charge on any atom is -0.494 e. The average molecular weight is 265 g/mol. The lowest BCUT2D eigenvalue weighted by Crippen LogP contribution is -2.22. The lowest BCUT2D eigenvalue weighted by atomic mass is 10.1. The van der Waals surface area contributed by atoms with Crippen molar-refractivity contribution < 1.29 is 14.3 Å². The van der Waals surface area contributed by atoms with E-state index < -0.39 is 0 Å². The third-order valence-electron chi connectivity index (χ3n) is 2.78. The zero-order valence-electron chi connectivity index (χ0n) is 11.9. The van der Waals surface area contributed by atoms with Gasteiger partial charge >= 0.3 is 5.97 Å². The number of benzene rings is 1. The number of hydrogen-bond donors (Lipinski definition) is 1. The Balaban J connectivity index is 2.36. The van der Waals surface area contributed by atoms with Crippen LogP contribution in [-0.2, 0) is 9.53 Å². The third kappa shape index (κ3) is 5.75. The first-order valence-corrected chi connectivity index (χ1v) is 6.79. The maximum absolute atomic E-state index is 11.2. The zero-order chi connectivity index (χ0) is 14.1. The second-order valence-corrected chi connectivity index (χ2v) is 4.23. The van der Waals surface area contributed by atoms with Crippen molar-refractivity contribution in [2.24, 2.45) is 0 Å². The van der Waals surface area contributed by atoms with Gasteiger partial charge in [-0.1, -0.05) is 12.1 Å². The Morgan fingerprint density at radius 2 is 1.89 bits per heavy atom. The van der Waals surface area contributed by atoms with Gasteiger partial charge in [-0.2, -0.15) is 0 Å². The predicted octanol–water partition coefficient (Wildman–Crippen LogP) is 2.69. The van der Waals surface area contributed by atoms with E-state index in [-0.39, 0.29) is 12.0 Å². The summed E-state index contributed by atoms with van der Waals surface area (Å²) in [5.74, 6) is 0.721. The molecule has 1 aromatic rings. The topological polar surface area (TPSA) is 47.6 Å².